The molecule has 2 aromatic carbocycles. The fourth-order valence-corrected chi connectivity index (χ4v) is 7.02. The second-order valence-electron chi connectivity index (χ2n) is 12.1. The van der Waals surface area contributed by atoms with Gasteiger partial charge in [-0.25, -0.2) is 4.39 Å². The molecule has 4 atom stereocenters. The normalized spacial score (nSPS) is 30.8. The summed E-state index contributed by atoms with van der Waals surface area (Å²) in [5.74, 6) is -2.09. The molecule has 0 radical (unpaired) electrons. The number of amides is 2. The molecule has 38 heavy (non-hydrogen) atoms. The molecule has 2 aliphatic heterocycles. The monoisotopic (exact) mass is 561 g/mol. The van der Waals surface area contributed by atoms with Gasteiger partial charge >= 0.3 is 0 Å². The van der Waals surface area contributed by atoms with Crippen LogP contribution < -0.4 is 16.0 Å². The van der Waals surface area contributed by atoms with Gasteiger partial charge in [-0.2, -0.15) is 0 Å². The SMILES string of the molecule is CC(C)(C)C[C@H]1N[C@H](C(=O)N[C@H]2CC[C@H](O)CC2)[C@@H](c2cccc(Cl)c2F)[C@@]12C(=O)Nc1cc(Cl)ccc12. The molecule has 204 valence electrons. The summed E-state index contributed by atoms with van der Waals surface area (Å²) in [6.45, 7) is 6.23. The molecule has 2 amide bonds. The molecule has 3 aliphatic rings. The van der Waals surface area contributed by atoms with Crippen LogP contribution in [-0.2, 0) is 15.0 Å². The van der Waals surface area contributed by atoms with Crippen LogP contribution in [-0.4, -0.2) is 41.2 Å². The van der Waals surface area contributed by atoms with Gasteiger partial charge in [-0.3, -0.25) is 9.59 Å². The van der Waals surface area contributed by atoms with E-state index in [0.29, 0.717) is 48.4 Å². The van der Waals surface area contributed by atoms with Crippen molar-refractivity contribution in [1.82, 2.24) is 10.6 Å². The summed E-state index contributed by atoms with van der Waals surface area (Å²) < 4.78 is 15.8. The molecule has 0 unspecified atom stereocenters. The number of halogens is 3. The topological polar surface area (TPSA) is 90.5 Å². The van der Waals surface area contributed by atoms with E-state index in [1.54, 1.807) is 24.3 Å². The third kappa shape index (κ3) is 4.72. The molecule has 1 aliphatic carbocycles. The molecule has 2 fully saturated rings. The predicted molar refractivity (Wildman–Crippen MR) is 147 cm³/mol. The highest BCUT2D eigenvalue weighted by Gasteiger charge is 2.66. The molecule has 5 rings (SSSR count). The van der Waals surface area contributed by atoms with Crippen LogP contribution in [0.25, 0.3) is 0 Å². The van der Waals surface area contributed by atoms with Gasteiger partial charge in [0, 0.05) is 28.7 Å². The van der Waals surface area contributed by atoms with E-state index in [1.807, 2.05) is 6.07 Å². The maximum Gasteiger partial charge on any atom is 0.238 e. The Morgan fingerprint density at radius 3 is 2.55 bits per heavy atom. The average Bonchev–Trinajstić information content (AvgIpc) is 3.31. The van der Waals surface area contributed by atoms with Gasteiger partial charge in [0.15, 0.2) is 0 Å². The Morgan fingerprint density at radius 2 is 1.87 bits per heavy atom. The zero-order chi connectivity index (χ0) is 27.4. The van der Waals surface area contributed by atoms with Crippen molar-refractivity contribution in [3.63, 3.8) is 0 Å². The standard InChI is InChI=1S/C29H34Cl2FN3O3/c1-28(2,3)14-22-29(19-12-7-15(30)13-21(19)34-27(29)38)23(18-5-4-6-20(31)24(18)32)25(35-22)26(37)33-16-8-10-17(36)11-9-16/h4-7,12-13,16-17,22-23,25,35-36H,8-11,14H2,1-3H3,(H,33,37)(H,34,38)/t16-,17-,22-,23-,25+,29+/m1/s1. The maximum absolute atomic E-state index is 15.8. The predicted octanol–water partition coefficient (Wildman–Crippen LogP) is 5.30. The smallest absolute Gasteiger partial charge is 0.238 e. The molecule has 9 heteroatoms. The molecule has 0 aromatic heterocycles. The van der Waals surface area contributed by atoms with E-state index in [1.165, 1.54) is 6.07 Å². The molecule has 1 spiro atoms. The number of benzene rings is 2. The largest absolute Gasteiger partial charge is 0.393 e. The fraction of sp³-hybridized carbons (Fsp3) is 0.517. The van der Waals surface area contributed by atoms with E-state index < -0.39 is 29.2 Å². The van der Waals surface area contributed by atoms with Crippen molar-refractivity contribution in [2.75, 3.05) is 5.32 Å². The number of hydrogen-bond acceptors (Lipinski definition) is 4. The van der Waals surface area contributed by atoms with Crippen LogP contribution in [0.1, 0.15) is 69.9 Å². The lowest BCUT2D eigenvalue weighted by molar-refractivity contribution is -0.124. The second-order valence-corrected chi connectivity index (χ2v) is 13.0. The van der Waals surface area contributed by atoms with E-state index in [9.17, 15) is 14.7 Å². The van der Waals surface area contributed by atoms with Crippen molar-refractivity contribution in [2.24, 2.45) is 5.41 Å². The first-order valence-corrected chi connectivity index (χ1v) is 14.0. The minimum Gasteiger partial charge on any atom is -0.393 e. The molecule has 4 N–H and O–H groups in total. The Balaban J connectivity index is 1.67. The lowest BCUT2D eigenvalue weighted by Gasteiger charge is -2.38. The van der Waals surface area contributed by atoms with Crippen molar-refractivity contribution >= 4 is 40.7 Å². The highest BCUT2D eigenvalue weighted by Crippen LogP contribution is 2.57. The minimum absolute atomic E-state index is 0.0629. The van der Waals surface area contributed by atoms with Crippen LogP contribution in [0.2, 0.25) is 10.0 Å². The summed E-state index contributed by atoms with van der Waals surface area (Å²) in [6.07, 6.45) is 2.75. The van der Waals surface area contributed by atoms with Crippen molar-refractivity contribution in [3.05, 3.63) is 63.4 Å². The number of hydrogen-bond donors (Lipinski definition) is 4. The van der Waals surface area contributed by atoms with Crippen LogP contribution in [0, 0.1) is 11.2 Å². The quantitative estimate of drug-likeness (QED) is 0.407. The Kier molecular flexibility index (Phi) is 7.27. The Labute approximate surface area is 232 Å². The van der Waals surface area contributed by atoms with Gasteiger partial charge < -0.3 is 21.1 Å². The lowest BCUT2D eigenvalue weighted by Crippen LogP contribution is -2.50. The van der Waals surface area contributed by atoms with Crippen LogP contribution in [0.4, 0.5) is 10.1 Å². The molecular formula is C29H34Cl2FN3O3. The van der Waals surface area contributed by atoms with Crippen molar-refractivity contribution < 1.29 is 19.1 Å². The van der Waals surface area contributed by atoms with Crippen molar-refractivity contribution in [3.8, 4) is 0 Å². The highest BCUT2D eigenvalue weighted by molar-refractivity contribution is 6.31. The minimum atomic E-state index is -1.27. The van der Waals surface area contributed by atoms with Crippen LogP contribution in [0.5, 0.6) is 0 Å². The number of carbonyl (C=O) groups excluding carboxylic acids is 2. The van der Waals surface area contributed by atoms with E-state index in [2.05, 4.69) is 36.7 Å². The van der Waals surface area contributed by atoms with Crippen LogP contribution in [0.15, 0.2) is 36.4 Å². The second kappa shape index (κ2) is 10.1. The number of fused-ring (bicyclic) bond motifs is 2. The van der Waals surface area contributed by atoms with E-state index in [-0.39, 0.29) is 40.0 Å². The zero-order valence-electron chi connectivity index (χ0n) is 21.8. The Bertz CT molecular complexity index is 1260. The third-order valence-electron chi connectivity index (χ3n) is 8.26. The van der Waals surface area contributed by atoms with Gasteiger partial charge in [0.05, 0.1) is 17.2 Å². The number of nitrogens with one attached hydrogen (secondary N) is 3. The zero-order valence-corrected chi connectivity index (χ0v) is 23.3. The number of rotatable bonds is 4. The van der Waals surface area contributed by atoms with Crippen molar-refractivity contribution in [2.45, 2.75) is 88.4 Å². The van der Waals surface area contributed by atoms with Gasteiger partial charge in [0.25, 0.3) is 0 Å². The maximum atomic E-state index is 15.8. The molecule has 2 heterocycles. The summed E-state index contributed by atoms with van der Waals surface area (Å²) >= 11 is 12.5. The first-order chi connectivity index (χ1) is 17.9. The molecule has 2 aromatic rings. The van der Waals surface area contributed by atoms with E-state index in [4.69, 9.17) is 23.2 Å². The molecular weight excluding hydrogens is 528 g/mol. The molecule has 1 saturated carbocycles. The molecule has 1 saturated heterocycles. The first kappa shape index (κ1) is 27.4. The van der Waals surface area contributed by atoms with Crippen LogP contribution >= 0.6 is 23.2 Å². The summed E-state index contributed by atoms with van der Waals surface area (Å²) in [4.78, 5) is 28.1. The fourth-order valence-electron chi connectivity index (χ4n) is 6.66. The van der Waals surface area contributed by atoms with Crippen LogP contribution in [0.3, 0.4) is 0 Å². The molecule has 0 bridgehead atoms. The van der Waals surface area contributed by atoms with E-state index >= 15 is 4.39 Å². The van der Waals surface area contributed by atoms with E-state index in [0.717, 1.165) is 0 Å². The average molecular weight is 563 g/mol. The third-order valence-corrected chi connectivity index (χ3v) is 8.79. The number of aliphatic hydroxyl groups is 1. The summed E-state index contributed by atoms with van der Waals surface area (Å²) in [5.41, 5.74) is -0.00278. The summed E-state index contributed by atoms with van der Waals surface area (Å²) in [7, 11) is 0. The number of carbonyl (C=O) groups is 2. The first-order valence-electron chi connectivity index (χ1n) is 13.2. The van der Waals surface area contributed by atoms with Gasteiger partial charge in [-0.1, -0.05) is 62.2 Å². The highest BCUT2D eigenvalue weighted by atomic mass is 35.5. The van der Waals surface area contributed by atoms with Gasteiger partial charge in [0.2, 0.25) is 11.8 Å². The summed E-state index contributed by atoms with van der Waals surface area (Å²) in [6, 6.07) is 8.50. The summed E-state index contributed by atoms with van der Waals surface area (Å²) in [5, 5.41) is 19.9. The van der Waals surface area contributed by atoms with Crippen molar-refractivity contribution in [1.29, 1.82) is 0 Å². The Hall–Kier alpha value is -2.19. The van der Waals surface area contributed by atoms with Gasteiger partial charge in [-0.05, 0) is 66.8 Å². The lowest BCUT2D eigenvalue weighted by atomic mass is 9.62. The van der Waals surface area contributed by atoms with Gasteiger partial charge in [-0.15, -0.1) is 0 Å². The molecule has 6 nitrogen and oxygen atoms in total. The Morgan fingerprint density at radius 1 is 1.16 bits per heavy atom. The number of anilines is 1. The number of aliphatic hydroxyl groups excluding tert-OH is 1. The van der Waals surface area contributed by atoms with Gasteiger partial charge in [0.1, 0.15) is 11.2 Å².